The fraction of sp³-hybridized carbons (Fsp3) is 0.333. The van der Waals surface area contributed by atoms with Gasteiger partial charge in [-0.3, -0.25) is 0 Å². The third-order valence-corrected chi connectivity index (χ3v) is 3.05. The molecule has 0 radical (unpaired) electrons. The molecule has 0 bridgehead atoms. The number of benzene rings is 2. The van der Waals surface area contributed by atoms with Crippen molar-refractivity contribution in [3.05, 3.63) is 48.0 Å². The van der Waals surface area contributed by atoms with Crippen molar-refractivity contribution >= 4 is 10.8 Å². The highest BCUT2D eigenvalue weighted by molar-refractivity contribution is 5.82. The Morgan fingerprint density at radius 1 is 1.17 bits per heavy atom. The van der Waals surface area contributed by atoms with E-state index in [9.17, 15) is 0 Å². The van der Waals surface area contributed by atoms with Gasteiger partial charge in [-0.05, 0) is 29.4 Å². The summed E-state index contributed by atoms with van der Waals surface area (Å²) in [6, 6.07) is 14.7. The van der Waals surface area contributed by atoms with Gasteiger partial charge in [0.15, 0.2) is 0 Å². The quantitative estimate of drug-likeness (QED) is 0.839. The molecule has 0 aromatic heterocycles. The highest BCUT2D eigenvalue weighted by Gasteiger charge is 2.06. The van der Waals surface area contributed by atoms with Crippen LogP contribution in [0.5, 0.6) is 0 Å². The zero-order valence-corrected chi connectivity index (χ0v) is 10.7. The molecule has 0 saturated carbocycles. The second kappa shape index (κ2) is 5.96. The van der Waals surface area contributed by atoms with Crippen LogP contribution in [0.1, 0.15) is 5.56 Å². The first-order valence-corrected chi connectivity index (χ1v) is 6.21. The zero-order valence-electron chi connectivity index (χ0n) is 10.7. The standard InChI is InChI=1S/C15H20N2O/c1-17(10-15(16)11-18)9-12-6-7-13-4-2-3-5-14(13)8-12/h2-8,15,18H,9-11,16H2,1H3. The number of fused-ring (bicyclic) bond motifs is 1. The van der Waals surface area contributed by atoms with Gasteiger partial charge in [-0.15, -0.1) is 0 Å². The van der Waals surface area contributed by atoms with Crippen molar-refractivity contribution < 1.29 is 5.11 Å². The Labute approximate surface area is 108 Å². The van der Waals surface area contributed by atoms with E-state index >= 15 is 0 Å². The Bertz CT molecular complexity index is 513. The minimum absolute atomic E-state index is 0.0298. The molecule has 1 atom stereocenters. The van der Waals surface area contributed by atoms with E-state index in [0.717, 1.165) is 6.54 Å². The molecule has 0 aliphatic carbocycles. The van der Waals surface area contributed by atoms with E-state index in [4.69, 9.17) is 10.8 Å². The molecule has 3 heteroatoms. The Hall–Kier alpha value is -1.42. The van der Waals surface area contributed by atoms with Gasteiger partial charge in [-0.1, -0.05) is 36.4 Å². The van der Waals surface area contributed by atoms with Crippen molar-refractivity contribution in [2.75, 3.05) is 20.2 Å². The molecule has 0 fully saturated rings. The summed E-state index contributed by atoms with van der Waals surface area (Å²) < 4.78 is 0. The highest BCUT2D eigenvalue weighted by Crippen LogP contribution is 2.16. The minimum atomic E-state index is -0.171. The average molecular weight is 244 g/mol. The molecule has 2 aromatic carbocycles. The lowest BCUT2D eigenvalue weighted by Gasteiger charge is -2.20. The summed E-state index contributed by atoms with van der Waals surface area (Å²) in [5, 5.41) is 11.5. The van der Waals surface area contributed by atoms with Crippen LogP contribution in [0.2, 0.25) is 0 Å². The molecule has 2 rings (SSSR count). The highest BCUT2D eigenvalue weighted by atomic mass is 16.3. The van der Waals surface area contributed by atoms with Gasteiger partial charge in [0.1, 0.15) is 0 Å². The molecule has 0 spiro atoms. The third kappa shape index (κ3) is 3.29. The first-order chi connectivity index (χ1) is 8.69. The lowest BCUT2D eigenvalue weighted by Crippen LogP contribution is -2.37. The maximum Gasteiger partial charge on any atom is 0.0595 e. The molecule has 0 heterocycles. The summed E-state index contributed by atoms with van der Waals surface area (Å²) in [6.07, 6.45) is 0. The molecule has 0 amide bonds. The predicted octanol–water partition coefficient (Wildman–Crippen LogP) is 1.59. The topological polar surface area (TPSA) is 49.5 Å². The predicted molar refractivity (Wildman–Crippen MR) is 75.3 cm³/mol. The van der Waals surface area contributed by atoms with Crippen molar-refractivity contribution in [3.63, 3.8) is 0 Å². The van der Waals surface area contributed by atoms with Crippen LogP contribution >= 0.6 is 0 Å². The lowest BCUT2D eigenvalue weighted by molar-refractivity contribution is 0.218. The summed E-state index contributed by atoms with van der Waals surface area (Å²) in [4.78, 5) is 2.13. The Kier molecular flexibility index (Phi) is 4.31. The first kappa shape index (κ1) is 13.0. The lowest BCUT2D eigenvalue weighted by atomic mass is 10.1. The number of aliphatic hydroxyl groups excluding tert-OH is 1. The van der Waals surface area contributed by atoms with Gasteiger partial charge in [-0.25, -0.2) is 0 Å². The van der Waals surface area contributed by atoms with E-state index in [2.05, 4.69) is 41.3 Å². The summed E-state index contributed by atoms with van der Waals surface area (Å²) in [5.74, 6) is 0. The molecule has 0 aliphatic heterocycles. The molecule has 0 saturated heterocycles. The average Bonchev–Trinajstić information content (AvgIpc) is 2.38. The van der Waals surface area contributed by atoms with Gasteiger partial charge in [0, 0.05) is 19.1 Å². The van der Waals surface area contributed by atoms with Crippen LogP contribution in [0.15, 0.2) is 42.5 Å². The van der Waals surface area contributed by atoms with Crippen molar-refractivity contribution in [1.29, 1.82) is 0 Å². The summed E-state index contributed by atoms with van der Waals surface area (Å²) in [5.41, 5.74) is 6.99. The third-order valence-electron chi connectivity index (χ3n) is 3.05. The summed E-state index contributed by atoms with van der Waals surface area (Å²) >= 11 is 0. The van der Waals surface area contributed by atoms with E-state index in [1.165, 1.54) is 16.3 Å². The number of aliphatic hydroxyl groups is 1. The van der Waals surface area contributed by atoms with Crippen LogP contribution in [-0.4, -0.2) is 36.2 Å². The second-order valence-electron chi connectivity index (χ2n) is 4.82. The van der Waals surface area contributed by atoms with Gasteiger partial charge in [0.2, 0.25) is 0 Å². The van der Waals surface area contributed by atoms with Gasteiger partial charge in [-0.2, -0.15) is 0 Å². The van der Waals surface area contributed by atoms with E-state index in [-0.39, 0.29) is 12.6 Å². The van der Waals surface area contributed by atoms with E-state index < -0.39 is 0 Å². The van der Waals surface area contributed by atoms with Crippen LogP contribution in [0.3, 0.4) is 0 Å². The Morgan fingerprint density at radius 2 is 1.89 bits per heavy atom. The van der Waals surface area contributed by atoms with E-state index in [0.29, 0.717) is 6.54 Å². The molecule has 2 aromatic rings. The number of nitrogens with two attached hydrogens (primary N) is 1. The molecular formula is C15H20N2O. The fourth-order valence-corrected chi connectivity index (χ4v) is 2.17. The molecule has 96 valence electrons. The van der Waals surface area contributed by atoms with Crippen LogP contribution in [0, 0.1) is 0 Å². The Morgan fingerprint density at radius 3 is 2.61 bits per heavy atom. The fourth-order valence-electron chi connectivity index (χ4n) is 2.17. The van der Waals surface area contributed by atoms with Crippen molar-refractivity contribution in [2.45, 2.75) is 12.6 Å². The van der Waals surface area contributed by atoms with Gasteiger partial charge in [0.05, 0.1) is 6.61 Å². The number of nitrogens with zero attached hydrogens (tertiary/aromatic N) is 1. The molecule has 0 aliphatic rings. The number of likely N-dealkylation sites (N-methyl/N-ethyl adjacent to an activating group) is 1. The smallest absolute Gasteiger partial charge is 0.0595 e. The van der Waals surface area contributed by atoms with Gasteiger partial charge >= 0.3 is 0 Å². The summed E-state index contributed by atoms with van der Waals surface area (Å²) in [7, 11) is 2.02. The number of hydrogen-bond acceptors (Lipinski definition) is 3. The maximum atomic E-state index is 8.94. The number of hydrogen-bond donors (Lipinski definition) is 2. The zero-order chi connectivity index (χ0) is 13.0. The van der Waals surface area contributed by atoms with Crippen molar-refractivity contribution in [1.82, 2.24) is 4.90 Å². The monoisotopic (exact) mass is 244 g/mol. The molecule has 18 heavy (non-hydrogen) atoms. The molecule has 3 nitrogen and oxygen atoms in total. The van der Waals surface area contributed by atoms with Crippen LogP contribution in [-0.2, 0) is 6.54 Å². The van der Waals surface area contributed by atoms with Crippen molar-refractivity contribution in [2.24, 2.45) is 5.73 Å². The maximum absolute atomic E-state index is 8.94. The van der Waals surface area contributed by atoms with Gasteiger partial charge in [0.25, 0.3) is 0 Å². The first-order valence-electron chi connectivity index (χ1n) is 6.21. The minimum Gasteiger partial charge on any atom is -0.395 e. The molecule has 1 unspecified atom stereocenters. The molecular weight excluding hydrogens is 224 g/mol. The van der Waals surface area contributed by atoms with Gasteiger partial charge < -0.3 is 15.7 Å². The van der Waals surface area contributed by atoms with Crippen LogP contribution < -0.4 is 5.73 Å². The largest absolute Gasteiger partial charge is 0.395 e. The van der Waals surface area contributed by atoms with E-state index in [1.807, 2.05) is 13.1 Å². The Balaban J connectivity index is 2.07. The second-order valence-corrected chi connectivity index (χ2v) is 4.82. The SMILES string of the molecule is CN(Cc1ccc2ccccc2c1)CC(N)CO. The van der Waals surface area contributed by atoms with Crippen LogP contribution in [0.4, 0.5) is 0 Å². The van der Waals surface area contributed by atoms with Crippen molar-refractivity contribution in [3.8, 4) is 0 Å². The molecule has 3 N–H and O–H groups in total. The van der Waals surface area contributed by atoms with Crippen LogP contribution in [0.25, 0.3) is 10.8 Å². The number of rotatable bonds is 5. The normalized spacial score (nSPS) is 13.1. The van der Waals surface area contributed by atoms with E-state index in [1.54, 1.807) is 0 Å². The summed E-state index contributed by atoms with van der Waals surface area (Å²) in [6.45, 7) is 1.57.